The number of fused-ring (bicyclic) bond motifs is 1. The van der Waals surface area contributed by atoms with Crippen LogP contribution in [0.5, 0.6) is 0 Å². The van der Waals surface area contributed by atoms with Gasteiger partial charge in [-0.3, -0.25) is 9.52 Å². The summed E-state index contributed by atoms with van der Waals surface area (Å²) in [6, 6.07) is 14.4. The fourth-order valence-electron chi connectivity index (χ4n) is 3.46. The fourth-order valence-corrected chi connectivity index (χ4v) is 5.49. The molecule has 0 radical (unpaired) electrons. The number of carbonyl (C=O) groups is 1. The Labute approximate surface area is 172 Å². The number of benzene rings is 2. The van der Waals surface area contributed by atoms with Crippen LogP contribution in [0.1, 0.15) is 18.4 Å². The zero-order valence-electron chi connectivity index (χ0n) is 15.4. The number of amides is 1. The maximum Gasteiger partial charge on any atom is 0.263 e. The van der Waals surface area contributed by atoms with Gasteiger partial charge < -0.3 is 4.90 Å². The van der Waals surface area contributed by atoms with E-state index in [-0.39, 0.29) is 21.9 Å². The van der Waals surface area contributed by atoms with Gasteiger partial charge in [0.2, 0.25) is 11.0 Å². The first-order chi connectivity index (χ1) is 14.0. The van der Waals surface area contributed by atoms with Crippen LogP contribution in [-0.2, 0) is 21.2 Å². The Morgan fingerprint density at radius 3 is 2.66 bits per heavy atom. The Morgan fingerprint density at radius 1 is 1.10 bits per heavy atom. The second-order valence-electron chi connectivity index (χ2n) is 7.19. The van der Waals surface area contributed by atoms with E-state index >= 15 is 0 Å². The van der Waals surface area contributed by atoms with Crippen molar-refractivity contribution >= 4 is 38.1 Å². The Hall–Kier alpha value is -2.78. The summed E-state index contributed by atoms with van der Waals surface area (Å²) in [4.78, 5) is 14.3. The Balaban J connectivity index is 1.37. The van der Waals surface area contributed by atoms with Crippen molar-refractivity contribution in [1.29, 1.82) is 0 Å². The minimum absolute atomic E-state index is 0.141. The SMILES string of the molecule is O=C(C1CC1)N1CCc2cc(S(=O)(=O)Nc3nnc(-c4ccccc4)s3)ccc21. The zero-order valence-corrected chi connectivity index (χ0v) is 17.0. The van der Waals surface area contributed by atoms with Crippen molar-refractivity contribution in [3.05, 3.63) is 54.1 Å². The van der Waals surface area contributed by atoms with Gasteiger partial charge in [-0.25, -0.2) is 8.42 Å². The summed E-state index contributed by atoms with van der Waals surface area (Å²) in [7, 11) is -3.79. The summed E-state index contributed by atoms with van der Waals surface area (Å²) in [6.07, 6.45) is 2.57. The van der Waals surface area contributed by atoms with Gasteiger partial charge in [-0.1, -0.05) is 41.7 Å². The van der Waals surface area contributed by atoms with Crippen LogP contribution >= 0.6 is 11.3 Å². The van der Waals surface area contributed by atoms with Gasteiger partial charge >= 0.3 is 0 Å². The van der Waals surface area contributed by atoms with Gasteiger partial charge in [-0.15, -0.1) is 10.2 Å². The van der Waals surface area contributed by atoms with E-state index in [1.165, 1.54) is 11.3 Å². The third kappa shape index (κ3) is 3.51. The molecule has 1 aliphatic carbocycles. The zero-order chi connectivity index (χ0) is 20.0. The highest BCUT2D eigenvalue weighted by atomic mass is 32.2. The van der Waals surface area contributed by atoms with Crippen molar-refractivity contribution in [2.45, 2.75) is 24.2 Å². The molecule has 3 aromatic rings. The lowest BCUT2D eigenvalue weighted by atomic mass is 10.2. The summed E-state index contributed by atoms with van der Waals surface area (Å²) < 4.78 is 28.2. The molecule has 1 aliphatic heterocycles. The number of nitrogens with one attached hydrogen (secondary N) is 1. The van der Waals surface area contributed by atoms with Crippen molar-refractivity contribution < 1.29 is 13.2 Å². The summed E-state index contributed by atoms with van der Waals surface area (Å²) >= 11 is 1.18. The first-order valence-electron chi connectivity index (χ1n) is 9.37. The van der Waals surface area contributed by atoms with Crippen molar-refractivity contribution in [3.63, 3.8) is 0 Å². The van der Waals surface area contributed by atoms with E-state index in [4.69, 9.17) is 0 Å². The molecule has 2 aliphatic rings. The smallest absolute Gasteiger partial charge is 0.263 e. The van der Waals surface area contributed by atoms with Crippen molar-refractivity contribution in [3.8, 4) is 10.6 Å². The van der Waals surface area contributed by atoms with Crippen molar-refractivity contribution in [2.24, 2.45) is 5.92 Å². The molecule has 2 heterocycles. The van der Waals surface area contributed by atoms with E-state index in [0.29, 0.717) is 18.0 Å². The second-order valence-corrected chi connectivity index (χ2v) is 9.85. The molecule has 7 nitrogen and oxygen atoms in total. The minimum Gasteiger partial charge on any atom is -0.312 e. The predicted molar refractivity (Wildman–Crippen MR) is 111 cm³/mol. The third-order valence-corrected chi connectivity index (χ3v) is 7.47. The molecule has 0 spiro atoms. The Bertz CT molecular complexity index is 1190. The number of hydrogen-bond donors (Lipinski definition) is 1. The molecule has 9 heteroatoms. The van der Waals surface area contributed by atoms with Crippen molar-refractivity contribution in [2.75, 3.05) is 16.2 Å². The van der Waals surface area contributed by atoms with E-state index < -0.39 is 10.0 Å². The fraction of sp³-hybridized carbons (Fsp3) is 0.250. The molecule has 1 aromatic heterocycles. The van der Waals surface area contributed by atoms with Crippen molar-refractivity contribution in [1.82, 2.24) is 10.2 Å². The number of anilines is 2. The molecule has 2 aromatic carbocycles. The van der Waals surface area contributed by atoms with Gasteiger partial charge in [-0.2, -0.15) is 0 Å². The molecule has 148 valence electrons. The number of rotatable bonds is 5. The topological polar surface area (TPSA) is 92.3 Å². The number of hydrogen-bond acceptors (Lipinski definition) is 6. The lowest BCUT2D eigenvalue weighted by Gasteiger charge is -2.17. The number of aromatic nitrogens is 2. The van der Waals surface area contributed by atoms with Crippen LogP contribution in [0.3, 0.4) is 0 Å². The highest BCUT2D eigenvalue weighted by molar-refractivity contribution is 7.93. The van der Waals surface area contributed by atoms with Crippen LogP contribution in [0.2, 0.25) is 0 Å². The molecular formula is C20H18N4O3S2. The van der Waals surface area contributed by atoms with Gasteiger partial charge in [-0.05, 0) is 43.0 Å². The van der Waals surface area contributed by atoms with E-state index in [0.717, 1.165) is 29.7 Å². The molecule has 29 heavy (non-hydrogen) atoms. The summed E-state index contributed by atoms with van der Waals surface area (Å²) in [5.41, 5.74) is 2.58. The molecule has 1 amide bonds. The standard InChI is InChI=1S/C20H18N4O3S2/c25-19(14-6-7-14)24-11-10-15-12-16(8-9-17(15)24)29(26,27)23-20-22-21-18(28-20)13-4-2-1-3-5-13/h1-5,8-9,12,14H,6-7,10-11H2,(H,22,23). The molecular weight excluding hydrogens is 408 g/mol. The van der Waals surface area contributed by atoms with E-state index in [2.05, 4.69) is 14.9 Å². The Morgan fingerprint density at radius 2 is 1.90 bits per heavy atom. The quantitative estimate of drug-likeness (QED) is 0.676. The predicted octanol–water partition coefficient (Wildman–Crippen LogP) is 3.31. The molecule has 0 bridgehead atoms. The third-order valence-electron chi connectivity index (χ3n) is 5.12. The normalized spacial score (nSPS) is 15.9. The number of sulfonamides is 1. The highest BCUT2D eigenvalue weighted by Gasteiger charge is 2.36. The second kappa shape index (κ2) is 6.93. The maximum absolute atomic E-state index is 12.8. The van der Waals surface area contributed by atoms with Gasteiger partial charge in [0.25, 0.3) is 10.0 Å². The van der Waals surface area contributed by atoms with E-state index in [9.17, 15) is 13.2 Å². The van der Waals surface area contributed by atoms with Gasteiger partial charge in [0.15, 0.2) is 0 Å². The first kappa shape index (κ1) is 18.3. The lowest BCUT2D eigenvalue weighted by Crippen LogP contribution is -2.30. The van der Waals surface area contributed by atoms with Gasteiger partial charge in [0.05, 0.1) is 4.90 Å². The summed E-state index contributed by atoms with van der Waals surface area (Å²) in [6.45, 7) is 0.610. The van der Waals surface area contributed by atoms with Crippen LogP contribution < -0.4 is 9.62 Å². The highest BCUT2D eigenvalue weighted by Crippen LogP contribution is 2.37. The van der Waals surface area contributed by atoms with Crippen LogP contribution in [0, 0.1) is 5.92 Å². The molecule has 5 rings (SSSR count). The molecule has 0 unspecified atom stereocenters. The largest absolute Gasteiger partial charge is 0.312 e. The van der Waals surface area contributed by atoms with Gasteiger partial charge in [0.1, 0.15) is 5.01 Å². The number of nitrogens with zero attached hydrogens (tertiary/aromatic N) is 3. The molecule has 0 atom stereocenters. The van der Waals surface area contributed by atoms with Crippen LogP contribution in [0.4, 0.5) is 10.8 Å². The van der Waals surface area contributed by atoms with Crippen LogP contribution in [0.15, 0.2) is 53.4 Å². The van der Waals surface area contributed by atoms with Crippen LogP contribution in [0.25, 0.3) is 10.6 Å². The Kier molecular flexibility index (Phi) is 4.36. The minimum atomic E-state index is -3.79. The molecule has 0 saturated heterocycles. The average molecular weight is 427 g/mol. The number of carbonyl (C=O) groups excluding carboxylic acids is 1. The molecule has 1 N–H and O–H groups in total. The average Bonchev–Trinajstić information content (AvgIpc) is 3.33. The summed E-state index contributed by atoms with van der Waals surface area (Å²) in [5.74, 6) is 0.294. The van der Waals surface area contributed by atoms with Gasteiger partial charge in [0, 0.05) is 23.7 Å². The van der Waals surface area contributed by atoms with Crippen LogP contribution in [-0.4, -0.2) is 31.1 Å². The lowest BCUT2D eigenvalue weighted by molar-refractivity contribution is -0.119. The maximum atomic E-state index is 12.8. The monoisotopic (exact) mass is 426 g/mol. The first-order valence-corrected chi connectivity index (χ1v) is 11.7. The summed E-state index contributed by atoms with van der Waals surface area (Å²) in [5, 5.41) is 8.90. The molecule has 1 saturated carbocycles. The van der Waals surface area contributed by atoms with E-state index in [1.807, 2.05) is 30.3 Å². The molecule has 1 fully saturated rings. The van der Waals surface area contributed by atoms with E-state index in [1.54, 1.807) is 23.1 Å².